The van der Waals surface area contributed by atoms with E-state index in [0.29, 0.717) is 0 Å². The molecule has 1 aromatic rings. The summed E-state index contributed by atoms with van der Waals surface area (Å²) in [5.41, 5.74) is 2.87. The van der Waals surface area contributed by atoms with Gasteiger partial charge in [-0.3, -0.25) is 0 Å². The Labute approximate surface area is 95.2 Å². The van der Waals surface area contributed by atoms with E-state index in [2.05, 4.69) is 69.9 Å². The normalized spacial score (nSPS) is 12.2. The molecule has 1 aromatic carbocycles. The van der Waals surface area contributed by atoms with E-state index in [-0.39, 0.29) is 7.92 Å². The minimum Gasteiger partial charge on any atom is -0.0780 e. The van der Waals surface area contributed by atoms with Crippen molar-refractivity contribution in [3.05, 3.63) is 41.7 Å². The fourth-order valence-corrected chi connectivity index (χ4v) is 3.90. The van der Waals surface area contributed by atoms with Crippen molar-refractivity contribution in [2.45, 2.75) is 39.0 Å². The Kier molecular flexibility index (Phi) is 5.05. The third-order valence-corrected chi connectivity index (χ3v) is 5.31. The highest BCUT2D eigenvalue weighted by Gasteiger charge is 2.12. The maximum Gasteiger partial charge on any atom is -0.0229 e. The monoisotopic (exact) mass is 220 g/mol. The van der Waals surface area contributed by atoms with Crippen molar-refractivity contribution in [2.24, 2.45) is 0 Å². The Balaban J connectivity index is 2.70. The Hall–Kier alpha value is -0.610. The van der Waals surface area contributed by atoms with Gasteiger partial charge in [0.05, 0.1) is 0 Å². The highest BCUT2D eigenvalue weighted by atomic mass is 31.1. The van der Waals surface area contributed by atoms with Crippen LogP contribution in [0.15, 0.2) is 36.1 Å². The van der Waals surface area contributed by atoms with Gasteiger partial charge in [-0.2, -0.15) is 0 Å². The van der Waals surface area contributed by atoms with E-state index in [4.69, 9.17) is 0 Å². The van der Waals surface area contributed by atoms with Crippen LogP contribution in [0.2, 0.25) is 0 Å². The van der Waals surface area contributed by atoms with E-state index in [1.807, 2.05) is 0 Å². The summed E-state index contributed by atoms with van der Waals surface area (Å²) >= 11 is 0. The molecule has 0 heterocycles. The SMILES string of the molecule is CC(C)P(C=Cc1ccccc1)C(C)C. The summed E-state index contributed by atoms with van der Waals surface area (Å²) in [6.45, 7) is 9.28. The molecule has 1 heteroatoms. The van der Waals surface area contributed by atoms with Crippen molar-refractivity contribution in [1.82, 2.24) is 0 Å². The minimum absolute atomic E-state index is 0.0171. The molecule has 0 aliphatic carbocycles. The third kappa shape index (κ3) is 4.18. The van der Waals surface area contributed by atoms with E-state index in [1.165, 1.54) is 5.56 Å². The number of hydrogen-bond donors (Lipinski definition) is 0. The van der Waals surface area contributed by atoms with Crippen LogP contribution in [0.3, 0.4) is 0 Å². The van der Waals surface area contributed by atoms with Gasteiger partial charge in [0.25, 0.3) is 0 Å². The van der Waals surface area contributed by atoms with Crippen molar-refractivity contribution in [3.63, 3.8) is 0 Å². The highest BCUT2D eigenvalue weighted by Crippen LogP contribution is 2.47. The molecule has 15 heavy (non-hydrogen) atoms. The van der Waals surface area contributed by atoms with Gasteiger partial charge in [-0.1, -0.05) is 77.8 Å². The van der Waals surface area contributed by atoms with Crippen molar-refractivity contribution >= 4 is 14.0 Å². The van der Waals surface area contributed by atoms with Crippen molar-refractivity contribution in [2.75, 3.05) is 0 Å². The van der Waals surface area contributed by atoms with Gasteiger partial charge in [0.15, 0.2) is 0 Å². The Morgan fingerprint density at radius 3 is 1.93 bits per heavy atom. The van der Waals surface area contributed by atoms with E-state index >= 15 is 0 Å². The summed E-state index contributed by atoms with van der Waals surface area (Å²) in [7, 11) is 0.0171. The van der Waals surface area contributed by atoms with Gasteiger partial charge in [0.1, 0.15) is 0 Å². The molecule has 0 aliphatic heterocycles. The zero-order chi connectivity index (χ0) is 11.3. The van der Waals surface area contributed by atoms with Crippen LogP contribution < -0.4 is 0 Å². The lowest BCUT2D eigenvalue weighted by atomic mass is 10.2. The molecule has 0 amide bonds. The predicted molar refractivity (Wildman–Crippen MR) is 72.7 cm³/mol. The predicted octanol–water partition coefficient (Wildman–Crippen LogP) is 4.96. The molecule has 0 spiro atoms. The lowest BCUT2D eigenvalue weighted by Gasteiger charge is -2.21. The Morgan fingerprint density at radius 1 is 0.933 bits per heavy atom. The van der Waals surface area contributed by atoms with E-state index in [1.54, 1.807) is 0 Å². The molecule has 1 rings (SSSR count). The molecule has 0 aliphatic rings. The fourth-order valence-electron chi connectivity index (χ4n) is 1.68. The fraction of sp³-hybridized carbons (Fsp3) is 0.429. The first-order chi connectivity index (χ1) is 7.11. The van der Waals surface area contributed by atoms with Gasteiger partial charge in [-0.05, 0) is 16.9 Å². The van der Waals surface area contributed by atoms with E-state index in [0.717, 1.165) is 11.3 Å². The molecule has 0 unspecified atom stereocenters. The smallest absolute Gasteiger partial charge is 0.0229 e. The number of benzene rings is 1. The van der Waals surface area contributed by atoms with Crippen molar-refractivity contribution in [1.29, 1.82) is 0 Å². The molecular formula is C14H21P. The van der Waals surface area contributed by atoms with Gasteiger partial charge >= 0.3 is 0 Å². The lowest BCUT2D eigenvalue weighted by Crippen LogP contribution is -2.00. The average Bonchev–Trinajstić information content (AvgIpc) is 2.18. The van der Waals surface area contributed by atoms with E-state index < -0.39 is 0 Å². The van der Waals surface area contributed by atoms with Gasteiger partial charge in [-0.25, -0.2) is 0 Å². The number of hydrogen-bond acceptors (Lipinski definition) is 0. The molecule has 82 valence electrons. The second kappa shape index (κ2) is 6.08. The summed E-state index contributed by atoms with van der Waals surface area (Å²) < 4.78 is 0. The van der Waals surface area contributed by atoms with Crippen LogP contribution in [0.4, 0.5) is 0 Å². The zero-order valence-corrected chi connectivity index (χ0v) is 11.0. The molecule has 0 radical (unpaired) electrons. The van der Waals surface area contributed by atoms with Crippen LogP contribution in [0.5, 0.6) is 0 Å². The van der Waals surface area contributed by atoms with Crippen molar-refractivity contribution < 1.29 is 0 Å². The standard InChI is InChI=1S/C14H21P/c1-12(2)15(13(3)4)11-10-14-8-6-5-7-9-14/h5-13H,1-4H3. The molecule has 0 aromatic heterocycles. The maximum atomic E-state index is 2.42. The lowest BCUT2D eigenvalue weighted by molar-refractivity contribution is 1.02. The molecular weight excluding hydrogens is 199 g/mol. The van der Waals surface area contributed by atoms with Crippen LogP contribution in [0.25, 0.3) is 6.08 Å². The molecule has 0 atom stereocenters. The first-order valence-corrected chi connectivity index (χ1v) is 7.17. The number of rotatable bonds is 4. The van der Waals surface area contributed by atoms with Gasteiger partial charge in [0, 0.05) is 0 Å². The maximum absolute atomic E-state index is 2.42. The van der Waals surface area contributed by atoms with Crippen LogP contribution in [0, 0.1) is 0 Å². The van der Waals surface area contributed by atoms with Gasteiger partial charge in [-0.15, -0.1) is 0 Å². The first kappa shape index (κ1) is 12.5. The molecule has 0 saturated heterocycles. The van der Waals surface area contributed by atoms with Crippen LogP contribution in [-0.2, 0) is 0 Å². The summed E-state index contributed by atoms with van der Waals surface area (Å²) in [4.78, 5) is 0. The minimum atomic E-state index is 0.0171. The van der Waals surface area contributed by atoms with E-state index in [9.17, 15) is 0 Å². The van der Waals surface area contributed by atoms with Crippen molar-refractivity contribution in [3.8, 4) is 0 Å². The average molecular weight is 220 g/mol. The van der Waals surface area contributed by atoms with Crippen LogP contribution in [0.1, 0.15) is 33.3 Å². The second-order valence-electron chi connectivity index (χ2n) is 4.36. The Bertz CT molecular complexity index is 290. The molecule has 0 N–H and O–H groups in total. The summed E-state index contributed by atoms with van der Waals surface area (Å²) in [5.74, 6) is 2.42. The molecule has 0 saturated carbocycles. The third-order valence-electron chi connectivity index (χ3n) is 2.43. The topological polar surface area (TPSA) is 0 Å². The van der Waals surface area contributed by atoms with Crippen LogP contribution in [-0.4, -0.2) is 11.3 Å². The van der Waals surface area contributed by atoms with Gasteiger partial charge < -0.3 is 0 Å². The Morgan fingerprint density at radius 2 is 1.47 bits per heavy atom. The first-order valence-electron chi connectivity index (χ1n) is 5.62. The van der Waals surface area contributed by atoms with Gasteiger partial charge in [0.2, 0.25) is 0 Å². The highest BCUT2D eigenvalue weighted by molar-refractivity contribution is 7.62. The molecule has 0 bridgehead atoms. The molecule has 0 nitrogen and oxygen atoms in total. The molecule has 0 fully saturated rings. The second-order valence-corrected chi connectivity index (χ2v) is 7.62. The summed E-state index contributed by atoms with van der Waals surface area (Å²) in [6, 6.07) is 10.6. The zero-order valence-electron chi connectivity index (χ0n) is 10.1. The largest absolute Gasteiger partial charge is 0.0780 e. The summed E-state index contributed by atoms with van der Waals surface area (Å²) in [6.07, 6.45) is 2.27. The summed E-state index contributed by atoms with van der Waals surface area (Å²) in [5, 5.41) is 0. The quantitative estimate of drug-likeness (QED) is 0.629. The van der Waals surface area contributed by atoms with Crippen LogP contribution >= 0.6 is 7.92 Å².